The minimum Gasteiger partial charge on any atom is -0.378 e. The fourth-order valence-corrected chi connectivity index (χ4v) is 5.23. The highest BCUT2D eigenvalue weighted by molar-refractivity contribution is 7.11. The fourth-order valence-electron chi connectivity index (χ4n) is 3.99. The van der Waals surface area contributed by atoms with E-state index in [4.69, 9.17) is 27.9 Å². The Morgan fingerprint density at radius 1 is 1.30 bits per heavy atom. The van der Waals surface area contributed by atoms with Crippen LogP contribution in [0, 0.1) is 6.92 Å². The molecule has 1 aromatic carbocycles. The minimum atomic E-state index is -0.979. The van der Waals surface area contributed by atoms with Crippen molar-refractivity contribution in [2.75, 3.05) is 31.6 Å². The van der Waals surface area contributed by atoms with E-state index < -0.39 is 6.17 Å². The molecule has 3 aromatic rings. The van der Waals surface area contributed by atoms with Crippen LogP contribution in [0.3, 0.4) is 0 Å². The maximum absolute atomic E-state index is 15.1. The van der Waals surface area contributed by atoms with Crippen LogP contribution >= 0.6 is 34.7 Å². The van der Waals surface area contributed by atoms with Crippen molar-refractivity contribution in [1.29, 1.82) is 0 Å². The molecule has 2 atom stereocenters. The van der Waals surface area contributed by atoms with Crippen molar-refractivity contribution in [3.05, 3.63) is 39.6 Å². The lowest BCUT2D eigenvalue weighted by atomic mass is 9.86. The van der Waals surface area contributed by atoms with Crippen molar-refractivity contribution in [2.45, 2.75) is 31.5 Å². The third-order valence-electron chi connectivity index (χ3n) is 5.82. The molecule has 0 bridgehead atoms. The number of nitrogens with zero attached hydrogens (tertiary/aromatic N) is 4. The van der Waals surface area contributed by atoms with Gasteiger partial charge in [-0.2, -0.15) is 4.37 Å². The molecule has 0 unspecified atom stereocenters. The highest BCUT2D eigenvalue weighted by Crippen LogP contribution is 2.38. The van der Waals surface area contributed by atoms with Crippen LogP contribution < -0.4 is 5.32 Å². The lowest BCUT2D eigenvalue weighted by Crippen LogP contribution is -2.54. The summed E-state index contributed by atoms with van der Waals surface area (Å²) in [5.74, 6) is 0.169. The number of nitrogens with one attached hydrogen (secondary N) is 1. The van der Waals surface area contributed by atoms with Crippen LogP contribution in [0.15, 0.2) is 18.3 Å². The first-order chi connectivity index (χ1) is 14.5. The molecule has 0 saturated carbocycles. The zero-order valence-electron chi connectivity index (χ0n) is 16.2. The van der Waals surface area contributed by atoms with Crippen molar-refractivity contribution in [1.82, 2.24) is 19.2 Å². The number of ether oxygens (including phenoxy) is 1. The zero-order valence-corrected chi connectivity index (χ0v) is 18.6. The van der Waals surface area contributed by atoms with E-state index in [2.05, 4.69) is 24.6 Å². The molecule has 0 spiro atoms. The van der Waals surface area contributed by atoms with E-state index in [0.29, 0.717) is 52.3 Å². The Kier molecular flexibility index (Phi) is 5.53. The number of fused-ring (bicyclic) bond motifs is 1. The van der Waals surface area contributed by atoms with Crippen molar-refractivity contribution < 1.29 is 9.13 Å². The molecule has 0 aliphatic carbocycles. The summed E-state index contributed by atoms with van der Waals surface area (Å²) in [5.41, 5.74) is 2.27. The summed E-state index contributed by atoms with van der Waals surface area (Å²) in [6, 6.07) is 4.06. The van der Waals surface area contributed by atoms with Crippen LogP contribution in [0.1, 0.15) is 23.6 Å². The highest BCUT2D eigenvalue weighted by atomic mass is 35.5. The van der Waals surface area contributed by atoms with Crippen LogP contribution in [0.25, 0.3) is 10.9 Å². The first kappa shape index (κ1) is 20.3. The second kappa shape index (κ2) is 8.16. The van der Waals surface area contributed by atoms with Gasteiger partial charge in [0.25, 0.3) is 0 Å². The molecule has 10 heteroatoms. The summed E-state index contributed by atoms with van der Waals surface area (Å²) in [6.07, 6.45) is 1.44. The number of aryl methyl sites for hydroxylation is 1. The lowest BCUT2D eigenvalue weighted by Gasteiger charge is -2.43. The third kappa shape index (κ3) is 3.76. The molecule has 2 aliphatic rings. The fraction of sp³-hybridized carbons (Fsp3) is 0.450. The molecule has 0 amide bonds. The van der Waals surface area contributed by atoms with Gasteiger partial charge in [0, 0.05) is 29.1 Å². The Hall–Kier alpha value is -1.58. The van der Waals surface area contributed by atoms with Gasteiger partial charge in [-0.1, -0.05) is 23.2 Å². The summed E-state index contributed by atoms with van der Waals surface area (Å²) in [6.45, 7) is 4.49. The van der Waals surface area contributed by atoms with Crippen molar-refractivity contribution >= 4 is 56.6 Å². The summed E-state index contributed by atoms with van der Waals surface area (Å²) in [5, 5.41) is 5.73. The van der Waals surface area contributed by atoms with Crippen molar-refractivity contribution in [3.8, 4) is 0 Å². The first-order valence-corrected chi connectivity index (χ1v) is 11.3. The average molecular weight is 468 g/mol. The molecule has 0 radical (unpaired) electrons. The number of anilines is 2. The van der Waals surface area contributed by atoms with Crippen LogP contribution in [0.2, 0.25) is 10.0 Å². The number of piperidine rings is 1. The average Bonchev–Trinajstić information content (AvgIpc) is 2.99. The van der Waals surface area contributed by atoms with E-state index in [1.165, 1.54) is 11.5 Å². The largest absolute Gasteiger partial charge is 0.378 e. The van der Waals surface area contributed by atoms with Gasteiger partial charge in [-0.3, -0.25) is 4.90 Å². The summed E-state index contributed by atoms with van der Waals surface area (Å²) in [7, 11) is 0. The molecule has 6 nitrogen and oxygen atoms in total. The first-order valence-electron chi connectivity index (χ1n) is 9.80. The normalized spacial score (nSPS) is 22.9. The number of hydrogen-bond donors (Lipinski definition) is 1. The van der Waals surface area contributed by atoms with Gasteiger partial charge in [0.15, 0.2) is 0 Å². The van der Waals surface area contributed by atoms with Crippen LogP contribution in [0.4, 0.5) is 15.3 Å². The molecule has 30 heavy (non-hydrogen) atoms. The molecular weight excluding hydrogens is 448 g/mol. The van der Waals surface area contributed by atoms with Gasteiger partial charge in [-0.15, -0.1) is 0 Å². The number of benzene rings is 1. The highest BCUT2D eigenvalue weighted by Gasteiger charge is 2.36. The molecular formula is C20H20Cl2FN5OS. The third-order valence-corrected chi connectivity index (χ3v) is 7.58. The maximum Gasteiger partial charge on any atom is 0.228 e. The van der Waals surface area contributed by atoms with Gasteiger partial charge >= 0.3 is 0 Å². The van der Waals surface area contributed by atoms with Crippen molar-refractivity contribution in [3.63, 3.8) is 0 Å². The summed E-state index contributed by atoms with van der Waals surface area (Å²) >= 11 is 14.0. The number of hydrogen-bond acceptors (Lipinski definition) is 7. The molecule has 2 saturated heterocycles. The van der Waals surface area contributed by atoms with Crippen LogP contribution in [0.5, 0.6) is 0 Å². The van der Waals surface area contributed by atoms with Crippen LogP contribution in [-0.2, 0) is 4.74 Å². The molecule has 1 N–H and O–H groups in total. The van der Waals surface area contributed by atoms with Gasteiger partial charge < -0.3 is 10.1 Å². The van der Waals surface area contributed by atoms with Gasteiger partial charge in [-0.25, -0.2) is 14.4 Å². The second-order valence-corrected chi connectivity index (χ2v) is 9.32. The van der Waals surface area contributed by atoms with E-state index >= 15 is 4.39 Å². The minimum absolute atomic E-state index is 0.246. The van der Waals surface area contributed by atoms with Crippen LogP contribution in [-0.4, -0.2) is 57.8 Å². The predicted octanol–water partition coefficient (Wildman–Crippen LogP) is 4.97. The number of aromatic nitrogens is 3. The number of alkyl halides is 1. The smallest absolute Gasteiger partial charge is 0.228 e. The molecule has 4 heterocycles. The Morgan fingerprint density at radius 3 is 2.80 bits per heavy atom. The van der Waals surface area contributed by atoms with Crippen molar-refractivity contribution in [2.24, 2.45) is 0 Å². The molecule has 158 valence electrons. The topological polar surface area (TPSA) is 63.2 Å². The standard InChI is InChI=1S/C20H20Cl2FN5OS/c1-10-18(22)19(30-27-10)26-20-24-6-11-4-15(21)14(5-17(11)25-20)13-2-3-28(7-16(13)23)12-8-29-9-12/h4-6,12-13,16H,2-3,7-9H2,1H3,(H,24,25,26)/t13-,16+/m1/s1. The van der Waals surface area contributed by atoms with E-state index in [1.807, 2.05) is 19.1 Å². The van der Waals surface area contributed by atoms with Gasteiger partial charge in [0.05, 0.1) is 35.5 Å². The molecule has 2 aromatic heterocycles. The lowest BCUT2D eigenvalue weighted by molar-refractivity contribution is -0.0806. The van der Waals surface area contributed by atoms with E-state index in [0.717, 1.165) is 29.6 Å². The van der Waals surface area contributed by atoms with E-state index in [9.17, 15) is 0 Å². The van der Waals surface area contributed by atoms with Gasteiger partial charge in [0.2, 0.25) is 5.95 Å². The predicted molar refractivity (Wildman–Crippen MR) is 118 cm³/mol. The number of rotatable bonds is 4. The summed E-state index contributed by atoms with van der Waals surface area (Å²) in [4.78, 5) is 11.1. The van der Waals surface area contributed by atoms with E-state index in [1.54, 1.807) is 6.20 Å². The molecule has 2 fully saturated rings. The Bertz CT molecular complexity index is 1090. The maximum atomic E-state index is 15.1. The quantitative estimate of drug-likeness (QED) is 0.584. The number of halogens is 3. The molecule has 5 rings (SSSR count). The van der Waals surface area contributed by atoms with Gasteiger partial charge in [-0.05, 0) is 49.1 Å². The SMILES string of the molecule is Cc1nsc(Nc2ncc3cc(Cl)c([C@H]4CCN(C5COC5)C[C@@H]4F)cc3n2)c1Cl. The van der Waals surface area contributed by atoms with E-state index in [-0.39, 0.29) is 5.92 Å². The Labute approximate surface area is 187 Å². The van der Waals surface area contributed by atoms with Gasteiger partial charge in [0.1, 0.15) is 11.2 Å². The Morgan fingerprint density at radius 2 is 2.13 bits per heavy atom. The number of likely N-dealkylation sites (tertiary alicyclic amines) is 1. The second-order valence-electron chi connectivity index (χ2n) is 7.76. The molecule has 2 aliphatic heterocycles. The summed E-state index contributed by atoms with van der Waals surface area (Å²) < 4.78 is 24.6. The monoisotopic (exact) mass is 467 g/mol. The zero-order chi connectivity index (χ0) is 20.8. The Balaban J connectivity index is 1.41.